The van der Waals surface area contributed by atoms with Crippen LogP contribution >= 0.6 is 0 Å². The fourth-order valence-corrected chi connectivity index (χ4v) is 3.77. The van der Waals surface area contributed by atoms with E-state index in [9.17, 15) is 9.59 Å². The molecule has 2 aromatic carbocycles. The number of nitrogens with one attached hydrogen (secondary N) is 2. The third-order valence-corrected chi connectivity index (χ3v) is 5.47. The Morgan fingerprint density at radius 2 is 1.59 bits per heavy atom. The largest absolute Gasteiger partial charge is 0.323 e. The van der Waals surface area contributed by atoms with Gasteiger partial charge in [-0.05, 0) is 42.0 Å². The zero-order chi connectivity index (χ0) is 21.1. The Morgan fingerprint density at radius 1 is 0.966 bits per heavy atom. The second-order valence-corrected chi connectivity index (χ2v) is 8.42. The van der Waals surface area contributed by atoms with Gasteiger partial charge < -0.3 is 5.32 Å². The van der Waals surface area contributed by atoms with E-state index >= 15 is 0 Å². The van der Waals surface area contributed by atoms with Crippen LogP contribution in [0.5, 0.6) is 0 Å². The summed E-state index contributed by atoms with van der Waals surface area (Å²) in [6, 6.07) is 15.6. The van der Waals surface area contributed by atoms with Gasteiger partial charge in [0.05, 0.1) is 17.4 Å². The Kier molecular flexibility index (Phi) is 6.38. The van der Waals surface area contributed by atoms with E-state index in [0.717, 1.165) is 5.69 Å². The number of nitrogens with zero attached hydrogens (tertiary/aromatic N) is 1. The van der Waals surface area contributed by atoms with Crippen molar-refractivity contribution in [2.75, 3.05) is 16.8 Å². The number of carbonyl (C=O) groups is 2. The maximum Gasteiger partial charge on any atom is 0.244 e. The molecule has 0 saturated heterocycles. The Hall–Kier alpha value is -2.66. The molecule has 0 aromatic heterocycles. The number of carbonyl (C=O) groups excluding carboxylic acids is 2. The lowest BCUT2D eigenvalue weighted by atomic mass is 9.92. The number of hydrogen-bond donors (Lipinski definition) is 2. The van der Waals surface area contributed by atoms with Gasteiger partial charge in [-0.15, -0.1) is 0 Å². The zero-order valence-corrected chi connectivity index (χ0v) is 17.9. The molecule has 1 heterocycles. The molecule has 0 radical (unpaired) electrons. The summed E-state index contributed by atoms with van der Waals surface area (Å²) in [4.78, 5) is 26.9. The van der Waals surface area contributed by atoms with Crippen molar-refractivity contribution in [1.29, 1.82) is 0 Å². The minimum absolute atomic E-state index is 0.0390. The normalized spacial score (nSPS) is 15.8. The fourth-order valence-electron chi connectivity index (χ4n) is 3.77. The molecule has 0 fully saturated rings. The van der Waals surface area contributed by atoms with Gasteiger partial charge in [0.25, 0.3) is 0 Å². The highest BCUT2D eigenvalue weighted by Gasteiger charge is 2.31. The summed E-state index contributed by atoms with van der Waals surface area (Å²) in [5.74, 6) is 0.526. The van der Waals surface area contributed by atoms with Gasteiger partial charge >= 0.3 is 0 Å². The molecule has 0 spiro atoms. The predicted molar refractivity (Wildman–Crippen MR) is 118 cm³/mol. The Morgan fingerprint density at radius 3 is 2.21 bits per heavy atom. The Labute approximate surface area is 173 Å². The van der Waals surface area contributed by atoms with Crippen LogP contribution in [0.4, 0.5) is 11.4 Å². The van der Waals surface area contributed by atoms with Crippen LogP contribution in [-0.2, 0) is 9.59 Å². The second kappa shape index (κ2) is 8.78. The first-order valence-electron chi connectivity index (χ1n) is 10.3. The molecule has 0 bridgehead atoms. The van der Waals surface area contributed by atoms with Crippen molar-refractivity contribution < 1.29 is 9.59 Å². The van der Waals surface area contributed by atoms with Crippen LogP contribution < -0.4 is 15.5 Å². The maximum absolute atomic E-state index is 13.2. The number of anilines is 2. The number of hydrogen-bond acceptors (Lipinski definition) is 3. The SMILES string of the molecule is CC(C)c1ccc([C@H](N[C@@H](C)C(=O)N2CC(=O)Nc3ccccc32)C(C)C)cc1. The first-order chi connectivity index (χ1) is 13.8. The molecule has 2 N–H and O–H groups in total. The molecule has 0 unspecified atom stereocenters. The Balaban J connectivity index is 1.79. The van der Waals surface area contributed by atoms with Crippen LogP contribution in [0.2, 0.25) is 0 Å². The maximum atomic E-state index is 13.2. The summed E-state index contributed by atoms with van der Waals surface area (Å²) in [5, 5.41) is 6.33. The van der Waals surface area contributed by atoms with E-state index in [1.165, 1.54) is 11.1 Å². The van der Waals surface area contributed by atoms with Gasteiger partial charge in [-0.3, -0.25) is 19.8 Å². The molecular weight excluding hydrogens is 362 g/mol. The molecule has 2 atom stereocenters. The summed E-state index contributed by atoms with van der Waals surface area (Å²) in [7, 11) is 0. The molecule has 154 valence electrons. The van der Waals surface area contributed by atoms with E-state index in [1.807, 2.05) is 31.2 Å². The molecule has 5 heteroatoms. The molecule has 2 amide bonds. The van der Waals surface area contributed by atoms with Crippen molar-refractivity contribution in [2.24, 2.45) is 5.92 Å². The summed E-state index contributed by atoms with van der Waals surface area (Å²) >= 11 is 0. The van der Waals surface area contributed by atoms with Crippen LogP contribution in [0.3, 0.4) is 0 Å². The van der Waals surface area contributed by atoms with Gasteiger partial charge in [0.1, 0.15) is 6.54 Å². The molecule has 1 aliphatic heterocycles. The highest BCUT2D eigenvalue weighted by atomic mass is 16.2. The lowest BCUT2D eigenvalue weighted by molar-refractivity contribution is -0.123. The van der Waals surface area contributed by atoms with E-state index < -0.39 is 6.04 Å². The minimum Gasteiger partial charge on any atom is -0.323 e. The Bertz CT molecular complexity index is 874. The van der Waals surface area contributed by atoms with Gasteiger partial charge in [-0.25, -0.2) is 0 Å². The van der Waals surface area contributed by atoms with E-state index in [1.54, 1.807) is 4.90 Å². The average molecular weight is 394 g/mol. The molecule has 0 aliphatic carbocycles. The third-order valence-electron chi connectivity index (χ3n) is 5.47. The van der Waals surface area contributed by atoms with Gasteiger partial charge in [0, 0.05) is 6.04 Å². The first-order valence-corrected chi connectivity index (χ1v) is 10.3. The number of rotatable bonds is 6. The third kappa shape index (κ3) is 4.67. The lowest BCUT2D eigenvalue weighted by Crippen LogP contribution is -2.51. The zero-order valence-electron chi connectivity index (χ0n) is 17.9. The molecule has 29 heavy (non-hydrogen) atoms. The number of para-hydroxylation sites is 2. The van der Waals surface area contributed by atoms with Crippen LogP contribution in [0.1, 0.15) is 57.7 Å². The smallest absolute Gasteiger partial charge is 0.244 e. The molecule has 1 aliphatic rings. The van der Waals surface area contributed by atoms with E-state index in [4.69, 9.17) is 0 Å². The van der Waals surface area contributed by atoms with E-state index in [2.05, 4.69) is 62.6 Å². The van der Waals surface area contributed by atoms with Crippen LogP contribution in [0.25, 0.3) is 0 Å². The van der Waals surface area contributed by atoms with E-state index in [0.29, 0.717) is 17.5 Å². The summed E-state index contributed by atoms with van der Waals surface area (Å²) in [6.45, 7) is 10.6. The van der Waals surface area contributed by atoms with Crippen molar-refractivity contribution in [3.8, 4) is 0 Å². The lowest BCUT2D eigenvalue weighted by Gasteiger charge is -2.33. The van der Waals surface area contributed by atoms with Gasteiger partial charge in [-0.1, -0.05) is 64.1 Å². The van der Waals surface area contributed by atoms with Crippen LogP contribution in [-0.4, -0.2) is 24.4 Å². The van der Waals surface area contributed by atoms with Gasteiger partial charge in [0.15, 0.2) is 0 Å². The van der Waals surface area contributed by atoms with Crippen LogP contribution in [0, 0.1) is 5.92 Å². The van der Waals surface area contributed by atoms with Crippen molar-refractivity contribution in [2.45, 2.75) is 52.6 Å². The van der Waals surface area contributed by atoms with Crippen molar-refractivity contribution in [3.63, 3.8) is 0 Å². The molecule has 2 aromatic rings. The average Bonchev–Trinajstić information content (AvgIpc) is 2.70. The highest BCUT2D eigenvalue weighted by Crippen LogP contribution is 2.30. The second-order valence-electron chi connectivity index (χ2n) is 8.42. The molecule has 3 rings (SSSR count). The molecule has 5 nitrogen and oxygen atoms in total. The molecular formula is C24H31N3O2. The quantitative estimate of drug-likeness (QED) is 0.761. The standard InChI is InChI=1S/C24H31N3O2/c1-15(2)18-10-12-19(13-11-18)23(16(3)4)25-17(5)24(29)27-14-22(28)26-20-8-6-7-9-21(20)27/h6-13,15-17,23,25H,14H2,1-5H3,(H,26,28)/t17-,23+/m0/s1. The minimum atomic E-state index is -0.425. The topological polar surface area (TPSA) is 61.4 Å². The number of amides is 2. The summed E-state index contributed by atoms with van der Waals surface area (Å²) in [6.07, 6.45) is 0. The fraction of sp³-hybridized carbons (Fsp3) is 0.417. The van der Waals surface area contributed by atoms with Gasteiger partial charge in [-0.2, -0.15) is 0 Å². The van der Waals surface area contributed by atoms with E-state index in [-0.39, 0.29) is 24.4 Å². The predicted octanol–water partition coefficient (Wildman–Crippen LogP) is 4.47. The summed E-state index contributed by atoms with van der Waals surface area (Å²) < 4.78 is 0. The van der Waals surface area contributed by atoms with Crippen molar-refractivity contribution in [3.05, 3.63) is 59.7 Å². The molecule has 0 saturated carbocycles. The van der Waals surface area contributed by atoms with Crippen molar-refractivity contribution in [1.82, 2.24) is 5.32 Å². The summed E-state index contributed by atoms with van der Waals surface area (Å²) in [5.41, 5.74) is 3.89. The first kappa shape index (κ1) is 21.1. The van der Waals surface area contributed by atoms with Crippen LogP contribution in [0.15, 0.2) is 48.5 Å². The van der Waals surface area contributed by atoms with Gasteiger partial charge in [0.2, 0.25) is 11.8 Å². The highest BCUT2D eigenvalue weighted by molar-refractivity contribution is 6.11. The van der Waals surface area contributed by atoms with Crippen molar-refractivity contribution >= 4 is 23.2 Å². The number of benzene rings is 2. The monoisotopic (exact) mass is 393 g/mol. The number of fused-ring (bicyclic) bond motifs is 1.